The number of rotatable bonds is 7. The lowest BCUT2D eigenvalue weighted by Crippen LogP contribution is -2.44. The zero-order valence-electron chi connectivity index (χ0n) is 10.2. The quantitative estimate of drug-likeness (QED) is 0.666. The molecule has 0 fully saturated rings. The maximum Gasteiger partial charge on any atom is 0.239 e. The Bertz CT molecular complexity index is 386. The van der Waals surface area contributed by atoms with Gasteiger partial charge in [0, 0.05) is 19.3 Å². The van der Waals surface area contributed by atoms with Crippen molar-refractivity contribution in [2.75, 3.05) is 25.1 Å². The van der Waals surface area contributed by atoms with Crippen molar-refractivity contribution in [3.05, 3.63) is 0 Å². The molecular formula is C10H19N3O3S. The number of carbonyl (C=O) groups is 1. The molecule has 0 aliphatic carbocycles. The number of nitriles is 1. The largest absolute Gasteiger partial charge is 0.341 e. The van der Waals surface area contributed by atoms with Crippen LogP contribution < -0.4 is 5.73 Å². The van der Waals surface area contributed by atoms with Gasteiger partial charge < -0.3 is 10.6 Å². The van der Waals surface area contributed by atoms with Crippen LogP contribution >= 0.6 is 0 Å². The van der Waals surface area contributed by atoms with Gasteiger partial charge in [-0.1, -0.05) is 0 Å². The first-order valence-corrected chi connectivity index (χ1v) is 7.47. The molecule has 98 valence electrons. The van der Waals surface area contributed by atoms with Gasteiger partial charge in [-0.15, -0.1) is 0 Å². The molecule has 1 amide bonds. The van der Waals surface area contributed by atoms with E-state index in [1.165, 1.54) is 4.90 Å². The second-order valence-electron chi connectivity index (χ2n) is 3.85. The van der Waals surface area contributed by atoms with Crippen LogP contribution in [0.2, 0.25) is 0 Å². The Labute approximate surface area is 102 Å². The van der Waals surface area contributed by atoms with Crippen molar-refractivity contribution >= 4 is 15.7 Å². The minimum absolute atomic E-state index is 0.101. The van der Waals surface area contributed by atoms with Crippen molar-refractivity contribution < 1.29 is 13.2 Å². The van der Waals surface area contributed by atoms with Gasteiger partial charge in [0.05, 0.1) is 24.3 Å². The van der Waals surface area contributed by atoms with Crippen LogP contribution in [0, 0.1) is 11.3 Å². The van der Waals surface area contributed by atoms with E-state index in [1.807, 2.05) is 6.07 Å². The van der Waals surface area contributed by atoms with Crippen LogP contribution in [-0.2, 0) is 14.6 Å². The molecule has 6 nitrogen and oxygen atoms in total. The van der Waals surface area contributed by atoms with E-state index in [0.717, 1.165) is 6.26 Å². The highest BCUT2D eigenvalue weighted by Gasteiger charge is 2.20. The lowest BCUT2D eigenvalue weighted by atomic mass is 10.2. The van der Waals surface area contributed by atoms with E-state index in [9.17, 15) is 13.2 Å². The predicted octanol–water partition coefficient (Wildman–Crippen LogP) is -0.489. The second-order valence-corrected chi connectivity index (χ2v) is 6.11. The molecule has 0 saturated heterocycles. The Hall–Kier alpha value is -1.13. The van der Waals surface area contributed by atoms with Crippen LogP contribution in [0.5, 0.6) is 0 Å². The van der Waals surface area contributed by atoms with E-state index in [2.05, 4.69) is 0 Å². The fraction of sp³-hybridized carbons (Fsp3) is 0.800. The zero-order chi connectivity index (χ0) is 13.5. The molecule has 1 unspecified atom stereocenters. The normalized spacial score (nSPS) is 12.8. The molecule has 7 heteroatoms. The van der Waals surface area contributed by atoms with Gasteiger partial charge in [-0.2, -0.15) is 5.26 Å². The van der Waals surface area contributed by atoms with Gasteiger partial charge in [0.15, 0.2) is 0 Å². The molecule has 0 rings (SSSR count). The highest BCUT2D eigenvalue weighted by atomic mass is 32.2. The number of carbonyl (C=O) groups excluding carboxylic acids is 1. The topological polar surface area (TPSA) is 104 Å². The number of hydrogen-bond acceptors (Lipinski definition) is 5. The Morgan fingerprint density at radius 1 is 1.53 bits per heavy atom. The molecule has 0 spiro atoms. The molecule has 0 aliphatic rings. The minimum Gasteiger partial charge on any atom is -0.341 e. The number of amides is 1. The number of sulfone groups is 1. The molecule has 0 radical (unpaired) electrons. The highest BCUT2D eigenvalue weighted by Crippen LogP contribution is 2.01. The molecule has 0 aromatic carbocycles. The van der Waals surface area contributed by atoms with Crippen molar-refractivity contribution in [3.8, 4) is 6.07 Å². The molecule has 0 saturated carbocycles. The van der Waals surface area contributed by atoms with Crippen molar-refractivity contribution in [2.24, 2.45) is 5.73 Å². The van der Waals surface area contributed by atoms with E-state index in [1.54, 1.807) is 6.92 Å². The van der Waals surface area contributed by atoms with Crippen molar-refractivity contribution in [2.45, 2.75) is 25.8 Å². The molecule has 0 aromatic heterocycles. The molecular weight excluding hydrogens is 242 g/mol. The molecule has 2 N–H and O–H groups in total. The SMILES string of the molecule is CCN(CCC#N)C(=O)C(N)CCS(C)(=O)=O. The molecule has 0 aliphatic heterocycles. The standard InChI is InChI=1S/C10H19N3O3S/c1-3-13(7-4-6-11)10(14)9(12)5-8-17(2,15)16/h9H,3-5,7-8,12H2,1-2H3. The summed E-state index contributed by atoms with van der Waals surface area (Å²) in [4.78, 5) is 13.3. The maximum absolute atomic E-state index is 11.8. The van der Waals surface area contributed by atoms with Gasteiger partial charge in [0.25, 0.3) is 0 Å². The summed E-state index contributed by atoms with van der Waals surface area (Å²) < 4.78 is 21.9. The first-order valence-electron chi connectivity index (χ1n) is 5.40. The monoisotopic (exact) mass is 261 g/mol. The van der Waals surface area contributed by atoms with Crippen LogP contribution in [0.25, 0.3) is 0 Å². The summed E-state index contributed by atoms with van der Waals surface area (Å²) in [6, 6.07) is 1.14. The van der Waals surface area contributed by atoms with Gasteiger partial charge in [-0.3, -0.25) is 4.79 Å². The Balaban J connectivity index is 4.31. The van der Waals surface area contributed by atoms with Crippen molar-refractivity contribution in [1.82, 2.24) is 4.90 Å². The van der Waals surface area contributed by atoms with Crippen LogP contribution in [-0.4, -0.2) is 50.4 Å². The zero-order valence-corrected chi connectivity index (χ0v) is 11.0. The van der Waals surface area contributed by atoms with Crippen LogP contribution in [0.15, 0.2) is 0 Å². The van der Waals surface area contributed by atoms with Crippen LogP contribution in [0.1, 0.15) is 19.8 Å². The third-order valence-electron chi connectivity index (χ3n) is 2.30. The third-order valence-corrected chi connectivity index (χ3v) is 3.28. The number of nitrogens with two attached hydrogens (primary N) is 1. The average molecular weight is 261 g/mol. The van der Waals surface area contributed by atoms with Crippen molar-refractivity contribution in [1.29, 1.82) is 5.26 Å². The number of likely N-dealkylation sites (N-methyl/N-ethyl adjacent to an activating group) is 1. The first-order chi connectivity index (χ1) is 7.81. The predicted molar refractivity (Wildman–Crippen MR) is 64.8 cm³/mol. The highest BCUT2D eigenvalue weighted by molar-refractivity contribution is 7.90. The average Bonchev–Trinajstić information content (AvgIpc) is 2.25. The lowest BCUT2D eigenvalue weighted by Gasteiger charge is -2.23. The fourth-order valence-corrected chi connectivity index (χ4v) is 1.99. The van der Waals surface area contributed by atoms with Gasteiger partial charge in [0.2, 0.25) is 5.91 Å². The van der Waals surface area contributed by atoms with Gasteiger partial charge >= 0.3 is 0 Å². The van der Waals surface area contributed by atoms with Gasteiger partial charge in [-0.25, -0.2) is 8.42 Å². The fourth-order valence-electron chi connectivity index (χ4n) is 1.31. The van der Waals surface area contributed by atoms with Crippen molar-refractivity contribution in [3.63, 3.8) is 0 Å². The Morgan fingerprint density at radius 2 is 2.12 bits per heavy atom. The molecule has 1 atom stereocenters. The Kier molecular flexibility index (Phi) is 6.76. The van der Waals surface area contributed by atoms with Gasteiger partial charge in [0.1, 0.15) is 9.84 Å². The summed E-state index contributed by atoms with van der Waals surface area (Å²) in [6.45, 7) is 2.59. The summed E-state index contributed by atoms with van der Waals surface area (Å²) in [6.07, 6.45) is 1.47. The second kappa shape index (κ2) is 7.25. The number of nitrogens with zero attached hydrogens (tertiary/aromatic N) is 2. The summed E-state index contributed by atoms with van der Waals surface area (Å²) >= 11 is 0. The van der Waals surface area contributed by atoms with E-state index in [-0.39, 0.29) is 24.5 Å². The minimum atomic E-state index is -3.11. The van der Waals surface area contributed by atoms with E-state index in [4.69, 9.17) is 11.0 Å². The van der Waals surface area contributed by atoms with Crippen LogP contribution in [0.3, 0.4) is 0 Å². The summed E-state index contributed by atoms with van der Waals surface area (Å²) in [7, 11) is -3.11. The van der Waals surface area contributed by atoms with Crippen LogP contribution in [0.4, 0.5) is 0 Å². The molecule has 0 bridgehead atoms. The summed E-state index contributed by atoms with van der Waals surface area (Å²) in [5.41, 5.74) is 5.63. The molecule has 17 heavy (non-hydrogen) atoms. The van der Waals surface area contributed by atoms with E-state index >= 15 is 0 Å². The van der Waals surface area contributed by atoms with E-state index < -0.39 is 15.9 Å². The van der Waals surface area contributed by atoms with Gasteiger partial charge in [-0.05, 0) is 13.3 Å². The molecule has 0 heterocycles. The smallest absolute Gasteiger partial charge is 0.239 e. The number of hydrogen-bond donors (Lipinski definition) is 1. The lowest BCUT2D eigenvalue weighted by molar-refractivity contribution is -0.132. The third kappa shape index (κ3) is 6.92. The Morgan fingerprint density at radius 3 is 2.53 bits per heavy atom. The van der Waals surface area contributed by atoms with E-state index in [0.29, 0.717) is 13.1 Å². The first kappa shape index (κ1) is 15.9. The maximum atomic E-state index is 11.8. The molecule has 0 aromatic rings. The summed E-state index contributed by atoms with van der Waals surface area (Å²) in [5.74, 6) is -0.401. The summed E-state index contributed by atoms with van der Waals surface area (Å²) in [5, 5.41) is 8.44.